The fourth-order valence-corrected chi connectivity index (χ4v) is 1.10. The first-order valence-electron chi connectivity index (χ1n) is 4.55. The van der Waals surface area contributed by atoms with E-state index in [4.69, 9.17) is 10.9 Å². The van der Waals surface area contributed by atoms with Crippen molar-refractivity contribution in [3.63, 3.8) is 0 Å². The summed E-state index contributed by atoms with van der Waals surface area (Å²) in [6.07, 6.45) is 0. The van der Waals surface area contributed by atoms with Gasteiger partial charge in [0.25, 0.3) is 5.91 Å². The molecule has 0 saturated carbocycles. The summed E-state index contributed by atoms with van der Waals surface area (Å²) in [6.45, 7) is 0.698. The van der Waals surface area contributed by atoms with E-state index in [1.54, 1.807) is 24.3 Å². The average molecular weight is 207 g/mol. The van der Waals surface area contributed by atoms with Gasteiger partial charge in [0.15, 0.2) is 5.71 Å². The van der Waals surface area contributed by atoms with Crippen LogP contribution in [-0.4, -0.2) is 29.9 Å². The summed E-state index contributed by atoms with van der Waals surface area (Å²) in [5, 5.41) is 14.2. The molecule has 0 aliphatic rings. The summed E-state index contributed by atoms with van der Waals surface area (Å²) < 4.78 is 0. The monoisotopic (exact) mass is 207 g/mol. The fraction of sp³-hybridized carbons (Fsp3) is 0.200. The zero-order chi connectivity index (χ0) is 11.1. The van der Waals surface area contributed by atoms with E-state index in [0.717, 1.165) is 0 Å². The number of nitrogens with two attached hydrogens (primary N) is 1. The Hall–Kier alpha value is -1.88. The first-order chi connectivity index (χ1) is 7.29. The quantitative estimate of drug-likeness (QED) is 0.367. The molecule has 0 heterocycles. The van der Waals surface area contributed by atoms with Crippen molar-refractivity contribution >= 4 is 11.6 Å². The zero-order valence-electron chi connectivity index (χ0n) is 8.18. The van der Waals surface area contributed by atoms with Crippen LogP contribution in [0.4, 0.5) is 0 Å². The number of benzene rings is 1. The smallest absolute Gasteiger partial charge is 0.273 e. The molecule has 0 bridgehead atoms. The van der Waals surface area contributed by atoms with Crippen LogP contribution in [0.2, 0.25) is 0 Å². The third-order valence-electron chi connectivity index (χ3n) is 1.79. The number of rotatable bonds is 4. The maximum Gasteiger partial charge on any atom is 0.273 e. The Kier molecular flexibility index (Phi) is 4.30. The van der Waals surface area contributed by atoms with E-state index in [9.17, 15) is 4.79 Å². The third-order valence-corrected chi connectivity index (χ3v) is 1.79. The lowest BCUT2D eigenvalue weighted by molar-refractivity contribution is -0.114. The summed E-state index contributed by atoms with van der Waals surface area (Å²) in [5.74, 6) is -0.436. The molecule has 1 rings (SSSR count). The molecule has 0 aliphatic carbocycles. The molecular formula is C10H13N3O2. The minimum absolute atomic E-state index is 0.0101. The zero-order valence-corrected chi connectivity index (χ0v) is 8.18. The number of carbonyl (C=O) groups is 1. The minimum Gasteiger partial charge on any atom is -0.410 e. The molecule has 5 heteroatoms. The molecule has 0 aromatic heterocycles. The summed E-state index contributed by atoms with van der Waals surface area (Å²) >= 11 is 0. The minimum atomic E-state index is -0.436. The molecule has 0 aliphatic heterocycles. The second kappa shape index (κ2) is 5.77. The highest BCUT2D eigenvalue weighted by Gasteiger charge is 2.13. The Morgan fingerprint density at radius 2 is 2.07 bits per heavy atom. The van der Waals surface area contributed by atoms with Crippen LogP contribution in [0.15, 0.2) is 35.5 Å². The van der Waals surface area contributed by atoms with Gasteiger partial charge >= 0.3 is 0 Å². The van der Waals surface area contributed by atoms with Crippen LogP contribution in [0.25, 0.3) is 0 Å². The van der Waals surface area contributed by atoms with Gasteiger partial charge in [0.05, 0.1) is 0 Å². The highest BCUT2D eigenvalue weighted by molar-refractivity contribution is 6.45. The van der Waals surface area contributed by atoms with Crippen LogP contribution in [0.3, 0.4) is 0 Å². The van der Waals surface area contributed by atoms with E-state index < -0.39 is 5.91 Å². The Balaban J connectivity index is 2.78. The SMILES string of the molecule is NCCNC(=O)/C(=N/O)c1ccccc1. The van der Waals surface area contributed by atoms with Crippen molar-refractivity contribution in [3.05, 3.63) is 35.9 Å². The maximum absolute atomic E-state index is 11.5. The molecule has 0 radical (unpaired) electrons. The van der Waals surface area contributed by atoms with Gasteiger partial charge in [0.1, 0.15) is 0 Å². The van der Waals surface area contributed by atoms with E-state index in [1.807, 2.05) is 6.07 Å². The molecule has 0 atom stereocenters. The van der Waals surface area contributed by atoms with Crippen molar-refractivity contribution < 1.29 is 10.0 Å². The van der Waals surface area contributed by atoms with Gasteiger partial charge in [-0.25, -0.2) is 0 Å². The number of amides is 1. The summed E-state index contributed by atoms with van der Waals surface area (Å²) in [4.78, 5) is 11.5. The van der Waals surface area contributed by atoms with Crippen LogP contribution in [0, 0.1) is 0 Å². The van der Waals surface area contributed by atoms with Crippen LogP contribution in [-0.2, 0) is 4.79 Å². The standard InChI is InChI=1S/C10H13N3O2/c11-6-7-12-10(14)9(13-15)8-4-2-1-3-5-8/h1-5,15H,6-7,11H2,(H,12,14)/b13-9+. The first kappa shape index (κ1) is 11.2. The summed E-state index contributed by atoms with van der Waals surface area (Å²) in [7, 11) is 0. The number of carbonyl (C=O) groups excluding carboxylic acids is 1. The van der Waals surface area contributed by atoms with Gasteiger partial charge in [-0.05, 0) is 0 Å². The Morgan fingerprint density at radius 3 is 2.60 bits per heavy atom. The number of hydrogen-bond donors (Lipinski definition) is 3. The summed E-state index contributed by atoms with van der Waals surface area (Å²) in [6, 6.07) is 8.72. The van der Waals surface area contributed by atoms with Crippen LogP contribution < -0.4 is 11.1 Å². The van der Waals surface area contributed by atoms with Gasteiger partial charge in [-0.3, -0.25) is 4.79 Å². The van der Waals surface area contributed by atoms with Gasteiger partial charge < -0.3 is 16.3 Å². The van der Waals surface area contributed by atoms with Crippen molar-refractivity contribution in [2.24, 2.45) is 10.9 Å². The van der Waals surface area contributed by atoms with Crippen molar-refractivity contribution in [3.8, 4) is 0 Å². The molecule has 0 unspecified atom stereocenters. The van der Waals surface area contributed by atoms with Gasteiger partial charge in [-0.15, -0.1) is 0 Å². The molecule has 1 amide bonds. The molecule has 4 N–H and O–H groups in total. The molecule has 0 saturated heterocycles. The Bertz CT molecular complexity index is 349. The van der Waals surface area contributed by atoms with E-state index >= 15 is 0 Å². The lowest BCUT2D eigenvalue weighted by Gasteiger charge is -2.04. The van der Waals surface area contributed by atoms with Crippen molar-refractivity contribution in [2.45, 2.75) is 0 Å². The van der Waals surface area contributed by atoms with Crippen molar-refractivity contribution in [2.75, 3.05) is 13.1 Å². The molecular weight excluding hydrogens is 194 g/mol. The van der Waals surface area contributed by atoms with E-state index in [-0.39, 0.29) is 5.71 Å². The third kappa shape index (κ3) is 3.07. The van der Waals surface area contributed by atoms with Crippen LogP contribution in [0.5, 0.6) is 0 Å². The second-order valence-electron chi connectivity index (χ2n) is 2.86. The maximum atomic E-state index is 11.5. The lowest BCUT2D eigenvalue weighted by atomic mass is 10.1. The molecule has 1 aromatic rings. The number of hydrogen-bond acceptors (Lipinski definition) is 4. The topological polar surface area (TPSA) is 87.7 Å². The van der Waals surface area contributed by atoms with Crippen molar-refractivity contribution in [1.82, 2.24) is 5.32 Å². The van der Waals surface area contributed by atoms with Gasteiger partial charge in [-0.2, -0.15) is 0 Å². The molecule has 0 fully saturated rings. The largest absolute Gasteiger partial charge is 0.410 e. The van der Waals surface area contributed by atoms with Gasteiger partial charge in [0.2, 0.25) is 0 Å². The number of nitrogens with one attached hydrogen (secondary N) is 1. The molecule has 5 nitrogen and oxygen atoms in total. The van der Waals surface area contributed by atoms with Crippen LogP contribution in [0.1, 0.15) is 5.56 Å². The second-order valence-corrected chi connectivity index (χ2v) is 2.86. The van der Waals surface area contributed by atoms with E-state index in [0.29, 0.717) is 18.7 Å². The van der Waals surface area contributed by atoms with Crippen LogP contribution >= 0.6 is 0 Å². The van der Waals surface area contributed by atoms with Gasteiger partial charge in [0, 0.05) is 18.7 Å². The Labute approximate surface area is 87.6 Å². The number of oxime groups is 1. The Morgan fingerprint density at radius 1 is 1.40 bits per heavy atom. The first-order valence-corrected chi connectivity index (χ1v) is 4.55. The molecule has 80 valence electrons. The highest BCUT2D eigenvalue weighted by Crippen LogP contribution is 2.00. The molecule has 1 aromatic carbocycles. The molecule has 15 heavy (non-hydrogen) atoms. The fourth-order valence-electron chi connectivity index (χ4n) is 1.10. The lowest BCUT2D eigenvalue weighted by Crippen LogP contribution is -2.35. The molecule has 0 spiro atoms. The van der Waals surface area contributed by atoms with E-state index in [2.05, 4.69) is 10.5 Å². The normalized spacial score (nSPS) is 11.1. The predicted molar refractivity (Wildman–Crippen MR) is 56.8 cm³/mol. The predicted octanol–water partition coefficient (Wildman–Crippen LogP) is -0.0602. The van der Waals surface area contributed by atoms with E-state index in [1.165, 1.54) is 0 Å². The van der Waals surface area contributed by atoms with Gasteiger partial charge in [-0.1, -0.05) is 35.5 Å². The average Bonchev–Trinajstić information content (AvgIpc) is 2.29. The number of nitrogens with zero attached hydrogens (tertiary/aromatic N) is 1. The summed E-state index contributed by atoms with van der Waals surface area (Å²) in [5.41, 5.74) is 5.79. The highest BCUT2D eigenvalue weighted by atomic mass is 16.4. The van der Waals surface area contributed by atoms with Crippen molar-refractivity contribution in [1.29, 1.82) is 0 Å².